The first-order chi connectivity index (χ1) is 8.68. The largest absolute Gasteiger partial charge is 0.368 e. The van der Waals surface area contributed by atoms with Crippen molar-refractivity contribution in [1.82, 2.24) is 10.2 Å². The maximum absolute atomic E-state index is 11.3. The molecule has 0 unspecified atom stereocenters. The number of thiocarbonyl (C=S) groups is 1. The fraction of sp³-hybridized carbons (Fsp3) is 0.385. The molecule has 0 radical (unpaired) electrons. The summed E-state index contributed by atoms with van der Waals surface area (Å²) >= 11 is 5.32. The lowest BCUT2D eigenvalue weighted by Gasteiger charge is -2.25. The molecule has 1 saturated heterocycles. The first kappa shape index (κ1) is 12.8. The lowest BCUT2D eigenvalue weighted by molar-refractivity contribution is -0.121. The second-order valence-corrected chi connectivity index (χ2v) is 4.78. The van der Waals surface area contributed by atoms with E-state index >= 15 is 0 Å². The Morgan fingerprint density at radius 2 is 2.17 bits per heavy atom. The molecule has 0 bridgehead atoms. The van der Waals surface area contributed by atoms with E-state index < -0.39 is 0 Å². The van der Waals surface area contributed by atoms with Gasteiger partial charge >= 0.3 is 0 Å². The van der Waals surface area contributed by atoms with Gasteiger partial charge in [-0.15, -0.1) is 0 Å². The number of nitrogens with one attached hydrogen (secondary N) is 1. The minimum absolute atomic E-state index is 0.249. The highest BCUT2D eigenvalue weighted by molar-refractivity contribution is 7.80. The van der Waals surface area contributed by atoms with E-state index in [0.29, 0.717) is 11.7 Å². The molecular formula is C13H17N3OS. The molecule has 4 nitrogen and oxygen atoms in total. The van der Waals surface area contributed by atoms with Crippen molar-refractivity contribution in [3.05, 3.63) is 35.9 Å². The number of primary amides is 1. The van der Waals surface area contributed by atoms with Crippen LogP contribution in [0.4, 0.5) is 0 Å². The average molecular weight is 263 g/mol. The molecular weight excluding hydrogens is 246 g/mol. The van der Waals surface area contributed by atoms with E-state index in [1.807, 2.05) is 35.2 Å². The number of benzene rings is 1. The summed E-state index contributed by atoms with van der Waals surface area (Å²) in [6.45, 7) is 1.47. The highest BCUT2D eigenvalue weighted by Crippen LogP contribution is 2.16. The van der Waals surface area contributed by atoms with Crippen LogP contribution in [0.5, 0.6) is 0 Å². The van der Waals surface area contributed by atoms with E-state index in [4.69, 9.17) is 18.0 Å². The standard InChI is InChI=1S/C13H17N3OS/c14-12(17)11-7-4-8-16(11)13(18)15-9-10-5-2-1-3-6-10/h1-3,5-6,11H,4,7-9H2,(H2,14,17)(H,15,18)/t11-/m1/s1. The summed E-state index contributed by atoms with van der Waals surface area (Å²) in [5.41, 5.74) is 6.53. The minimum Gasteiger partial charge on any atom is -0.368 e. The molecule has 3 N–H and O–H groups in total. The SMILES string of the molecule is NC(=O)[C@H]1CCCN1C(=S)NCc1ccccc1. The van der Waals surface area contributed by atoms with E-state index in [-0.39, 0.29) is 11.9 Å². The van der Waals surface area contributed by atoms with Crippen molar-refractivity contribution < 1.29 is 4.79 Å². The van der Waals surface area contributed by atoms with Crippen LogP contribution in [-0.2, 0) is 11.3 Å². The van der Waals surface area contributed by atoms with Gasteiger partial charge in [-0.25, -0.2) is 0 Å². The van der Waals surface area contributed by atoms with Crippen LogP contribution in [0.25, 0.3) is 0 Å². The zero-order chi connectivity index (χ0) is 13.0. The lowest BCUT2D eigenvalue weighted by Crippen LogP contribution is -2.47. The number of carbonyl (C=O) groups excluding carboxylic acids is 1. The molecule has 1 atom stereocenters. The number of nitrogens with two attached hydrogens (primary N) is 1. The van der Waals surface area contributed by atoms with Crippen molar-refractivity contribution >= 4 is 23.2 Å². The van der Waals surface area contributed by atoms with Gasteiger partial charge < -0.3 is 16.0 Å². The number of hydrogen-bond donors (Lipinski definition) is 2. The van der Waals surface area contributed by atoms with Gasteiger partial charge in [-0.3, -0.25) is 4.79 Å². The maximum atomic E-state index is 11.3. The summed E-state index contributed by atoms with van der Waals surface area (Å²) in [5.74, 6) is -0.295. The van der Waals surface area contributed by atoms with Gasteiger partial charge in [-0.2, -0.15) is 0 Å². The maximum Gasteiger partial charge on any atom is 0.240 e. The topological polar surface area (TPSA) is 58.4 Å². The van der Waals surface area contributed by atoms with Gasteiger partial charge in [0.2, 0.25) is 5.91 Å². The van der Waals surface area contributed by atoms with Crippen molar-refractivity contribution in [3.63, 3.8) is 0 Å². The van der Waals surface area contributed by atoms with Crippen molar-refractivity contribution in [1.29, 1.82) is 0 Å². The van der Waals surface area contributed by atoms with Gasteiger partial charge in [0.1, 0.15) is 6.04 Å². The average Bonchev–Trinajstić information content (AvgIpc) is 2.86. The van der Waals surface area contributed by atoms with Gasteiger partial charge in [0.15, 0.2) is 5.11 Å². The van der Waals surface area contributed by atoms with Crippen LogP contribution >= 0.6 is 12.2 Å². The van der Waals surface area contributed by atoms with Crippen LogP contribution in [0.3, 0.4) is 0 Å². The van der Waals surface area contributed by atoms with Crippen molar-refractivity contribution in [2.24, 2.45) is 5.73 Å². The number of nitrogens with zero attached hydrogens (tertiary/aromatic N) is 1. The Labute approximate surface area is 112 Å². The second-order valence-electron chi connectivity index (χ2n) is 4.40. The molecule has 0 aliphatic carbocycles. The first-order valence-corrected chi connectivity index (χ1v) is 6.47. The first-order valence-electron chi connectivity index (χ1n) is 6.06. The molecule has 0 spiro atoms. The summed E-state index contributed by atoms with van der Waals surface area (Å²) in [4.78, 5) is 13.2. The van der Waals surface area contributed by atoms with Crippen LogP contribution in [0.15, 0.2) is 30.3 Å². The molecule has 0 aromatic heterocycles. The van der Waals surface area contributed by atoms with Crippen molar-refractivity contribution in [2.45, 2.75) is 25.4 Å². The van der Waals surface area contributed by atoms with E-state index in [9.17, 15) is 4.79 Å². The molecule has 1 aliphatic rings. The second kappa shape index (κ2) is 5.82. The number of likely N-dealkylation sites (tertiary alicyclic amines) is 1. The summed E-state index contributed by atoms with van der Waals surface area (Å²) in [6.07, 6.45) is 1.75. The minimum atomic E-state index is -0.295. The third-order valence-corrected chi connectivity index (χ3v) is 3.51. The fourth-order valence-corrected chi connectivity index (χ4v) is 2.47. The van der Waals surface area contributed by atoms with Gasteiger partial charge in [0, 0.05) is 13.1 Å². The van der Waals surface area contributed by atoms with E-state index in [2.05, 4.69) is 5.32 Å². The summed E-state index contributed by atoms with van der Waals surface area (Å²) in [5, 5.41) is 3.79. The highest BCUT2D eigenvalue weighted by Gasteiger charge is 2.30. The van der Waals surface area contributed by atoms with Crippen molar-refractivity contribution in [2.75, 3.05) is 6.54 Å². The van der Waals surface area contributed by atoms with E-state index in [1.54, 1.807) is 0 Å². The Kier molecular flexibility index (Phi) is 4.15. The van der Waals surface area contributed by atoms with Crippen LogP contribution in [0, 0.1) is 0 Å². The number of amides is 1. The van der Waals surface area contributed by atoms with Crippen LogP contribution in [0.2, 0.25) is 0 Å². The normalized spacial score (nSPS) is 18.7. The predicted molar refractivity (Wildman–Crippen MR) is 74.8 cm³/mol. The molecule has 18 heavy (non-hydrogen) atoms. The van der Waals surface area contributed by atoms with E-state index in [0.717, 1.165) is 24.9 Å². The Morgan fingerprint density at radius 3 is 2.83 bits per heavy atom. The summed E-state index contributed by atoms with van der Waals surface area (Å²) < 4.78 is 0. The number of rotatable bonds is 3. The van der Waals surface area contributed by atoms with Gasteiger partial charge in [0.05, 0.1) is 0 Å². The molecule has 1 heterocycles. The molecule has 0 saturated carbocycles. The van der Waals surface area contributed by atoms with Gasteiger partial charge in [0.25, 0.3) is 0 Å². The van der Waals surface area contributed by atoms with Crippen molar-refractivity contribution in [3.8, 4) is 0 Å². The quantitative estimate of drug-likeness (QED) is 0.799. The molecule has 2 rings (SSSR count). The summed E-state index contributed by atoms with van der Waals surface area (Å²) in [7, 11) is 0. The third kappa shape index (κ3) is 2.98. The number of carbonyl (C=O) groups is 1. The molecule has 1 aliphatic heterocycles. The zero-order valence-corrected chi connectivity index (χ0v) is 11.0. The van der Waals surface area contributed by atoms with E-state index in [1.165, 1.54) is 0 Å². The fourth-order valence-electron chi connectivity index (χ4n) is 2.18. The molecule has 1 amide bonds. The highest BCUT2D eigenvalue weighted by atomic mass is 32.1. The third-order valence-electron chi connectivity index (χ3n) is 3.13. The summed E-state index contributed by atoms with van der Waals surface area (Å²) in [6, 6.07) is 9.77. The zero-order valence-electron chi connectivity index (χ0n) is 10.1. The molecule has 1 aromatic rings. The monoisotopic (exact) mass is 263 g/mol. The Bertz CT molecular complexity index is 435. The number of hydrogen-bond acceptors (Lipinski definition) is 2. The molecule has 1 aromatic carbocycles. The lowest BCUT2D eigenvalue weighted by atomic mass is 10.2. The van der Waals surface area contributed by atoms with Gasteiger partial charge in [-0.05, 0) is 30.6 Å². The molecule has 1 fully saturated rings. The van der Waals surface area contributed by atoms with Crippen LogP contribution in [-0.4, -0.2) is 28.5 Å². The Morgan fingerprint density at radius 1 is 1.44 bits per heavy atom. The van der Waals surface area contributed by atoms with Gasteiger partial charge in [-0.1, -0.05) is 30.3 Å². The Hall–Kier alpha value is -1.62. The molecule has 5 heteroatoms. The smallest absolute Gasteiger partial charge is 0.240 e. The van der Waals surface area contributed by atoms with Crippen LogP contribution in [0.1, 0.15) is 18.4 Å². The molecule has 96 valence electrons. The Balaban J connectivity index is 1.90. The van der Waals surface area contributed by atoms with Crippen LogP contribution < -0.4 is 11.1 Å². The predicted octanol–water partition coefficient (Wildman–Crippen LogP) is 1.01.